The monoisotopic (exact) mass is 743 g/mol. The van der Waals surface area contributed by atoms with Crippen molar-refractivity contribution in [3.63, 3.8) is 0 Å². The van der Waals surface area contributed by atoms with Gasteiger partial charge in [0.15, 0.2) is 17.5 Å². The number of H-pyrrole nitrogens is 1. The normalized spacial score (nSPS) is 15.7. The molecular weight excluding hydrogens is 695 g/mol. The first kappa shape index (κ1) is 39.2. The number of likely N-dealkylation sites (tertiary alicyclic amines) is 1. The van der Waals surface area contributed by atoms with E-state index in [4.69, 9.17) is 18.3 Å². The van der Waals surface area contributed by atoms with E-state index in [9.17, 15) is 18.1 Å². The molecule has 2 aromatic carbocycles. The Morgan fingerprint density at radius 3 is 2.56 bits per heavy atom. The summed E-state index contributed by atoms with van der Waals surface area (Å²) in [5.41, 5.74) is -0.458. The van der Waals surface area contributed by atoms with Gasteiger partial charge in [-0.05, 0) is 98.0 Å². The molecule has 5 rings (SSSR count). The van der Waals surface area contributed by atoms with E-state index >= 15 is 0 Å². The van der Waals surface area contributed by atoms with Crippen LogP contribution in [-0.4, -0.2) is 74.5 Å². The molecule has 52 heavy (non-hydrogen) atoms. The molecule has 1 fully saturated rings. The van der Waals surface area contributed by atoms with Crippen LogP contribution >= 0.6 is 7.82 Å². The van der Waals surface area contributed by atoms with Crippen LogP contribution < -0.4 is 15.4 Å². The van der Waals surface area contributed by atoms with Gasteiger partial charge in [-0.15, -0.1) is 0 Å². The largest absolute Gasteiger partial charge is 0.493 e. The van der Waals surface area contributed by atoms with Crippen molar-refractivity contribution in [2.75, 3.05) is 36.9 Å². The number of phosphoric acid groups is 1. The smallest absolute Gasteiger partial charge is 0.475 e. The van der Waals surface area contributed by atoms with Crippen molar-refractivity contribution in [1.82, 2.24) is 25.1 Å². The molecule has 282 valence electrons. The highest BCUT2D eigenvalue weighted by Gasteiger charge is 2.37. The Morgan fingerprint density at radius 2 is 1.81 bits per heavy atom. The summed E-state index contributed by atoms with van der Waals surface area (Å²) in [6.45, 7) is 13.6. The number of carbonyl (C=O) groups excluding carboxylic acids is 1. The van der Waals surface area contributed by atoms with Crippen molar-refractivity contribution in [3.8, 4) is 5.75 Å². The maximum absolute atomic E-state index is 13.9. The highest BCUT2D eigenvalue weighted by molar-refractivity contribution is 7.48. The number of aromatic amines is 1. The van der Waals surface area contributed by atoms with Crippen LogP contribution in [0.5, 0.6) is 5.75 Å². The number of anilines is 3. The van der Waals surface area contributed by atoms with Crippen LogP contribution in [0.4, 0.5) is 26.1 Å². The van der Waals surface area contributed by atoms with Crippen LogP contribution in [0.3, 0.4) is 0 Å². The minimum absolute atomic E-state index is 0.133. The predicted octanol–water partition coefficient (Wildman–Crippen LogP) is 7.93. The summed E-state index contributed by atoms with van der Waals surface area (Å²) in [4.78, 5) is 23.6. The van der Waals surface area contributed by atoms with Gasteiger partial charge in [-0.2, -0.15) is 5.10 Å². The van der Waals surface area contributed by atoms with E-state index in [2.05, 4.69) is 35.7 Å². The van der Waals surface area contributed by atoms with Crippen LogP contribution in [0.1, 0.15) is 72.9 Å². The van der Waals surface area contributed by atoms with Gasteiger partial charge in [-0.3, -0.25) is 23.5 Å². The molecule has 0 radical (unpaired) electrons. The van der Waals surface area contributed by atoms with Gasteiger partial charge >= 0.3 is 7.82 Å². The van der Waals surface area contributed by atoms with E-state index in [1.807, 2.05) is 59.7 Å². The zero-order chi connectivity index (χ0) is 37.5. The quantitative estimate of drug-likeness (QED) is 0.0758. The number of carbonyl (C=O) groups is 1. The van der Waals surface area contributed by atoms with Crippen LogP contribution in [0.25, 0.3) is 10.9 Å². The maximum atomic E-state index is 13.9. The summed E-state index contributed by atoms with van der Waals surface area (Å²) in [6.07, 6.45) is 4.98. The number of rotatable bonds is 16. The van der Waals surface area contributed by atoms with Gasteiger partial charge in [0.05, 0.1) is 42.0 Å². The molecule has 0 aliphatic carbocycles. The summed E-state index contributed by atoms with van der Waals surface area (Å²) >= 11 is 0. The van der Waals surface area contributed by atoms with Gasteiger partial charge in [-0.25, -0.2) is 23.3 Å². The number of nitrogens with one attached hydrogen (secondary N) is 3. The van der Waals surface area contributed by atoms with Crippen LogP contribution in [-0.2, 0) is 29.4 Å². The molecular formula is C36H48F2N7O6P. The zero-order valence-corrected chi connectivity index (χ0v) is 31.4. The lowest BCUT2D eigenvalue weighted by Crippen LogP contribution is -2.32. The molecule has 1 aliphatic heterocycles. The Bertz CT molecular complexity index is 1860. The molecule has 3 heterocycles. The number of ether oxygens (including phenoxy) is 1. The topological polar surface area (TPSA) is 153 Å². The third-order valence-electron chi connectivity index (χ3n) is 7.89. The summed E-state index contributed by atoms with van der Waals surface area (Å²) in [7, 11) is -3.74. The Balaban J connectivity index is 1.08. The van der Waals surface area contributed by atoms with Crippen molar-refractivity contribution in [2.24, 2.45) is 0 Å². The highest BCUT2D eigenvalue weighted by Crippen LogP contribution is 2.55. The second-order valence-corrected chi connectivity index (χ2v) is 16.2. The number of fused-ring (bicyclic) bond motifs is 1. The van der Waals surface area contributed by atoms with Crippen molar-refractivity contribution >= 4 is 42.0 Å². The van der Waals surface area contributed by atoms with E-state index in [0.29, 0.717) is 41.2 Å². The number of nitrogens with zero attached hydrogens (tertiary/aromatic N) is 4. The van der Waals surface area contributed by atoms with E-state index in [-0.39, 0.29) is 18.7 Å². The molecule has 1 amide bonds. The fourth-order valence-corrected chi connectivity index (χ4v) is 7.66. The fourth-order valence-electron chi connectivity index (χ4n) is 5.85. The van der Waals surface area contributed by atoms with Gasteiger partial charge < -0.3 is 20.3 Å². The van der Waals surface area contributed by atoms with E-state index in [1.165, 1.54) is 18.5 Å². The molecule has 3 N–H and O–H groups in total. The molecule has 1 atom stereocenters. The van der Waals surface area contributed by atoms with Crippen LogP contribution in [0, 0.1) is 11.6 Å². The summed E-state index contributed by atoms with van der Waals surface area (Å²) in [6, 6.07) is 11.1. The average Bonchev–Trinajstić information content (AvgIpc) is 3.68. The van der Waals surface area contributed by atoms with Gasteiger partial charge in [-0.1, -0.05) is 6.07 Å². The van der Waals surface area contributed by atoms with Crippen LogP contribution in [0.2, 0.25) is 0 Å². The zero-order valence-electron chi connectivity index (χ0n) is 30.5. The number of halogens is 2. The lowest BCUT2D eigenvalue weighted by Gasteiger charge is -2.31. The number of phosphoric ester groups is 1. The first-order chi connectivity index (χ1) is 24.6. The molecule has 2 aromatic heterocycles. The van der Waals surface area contributed by atoms with Crippen molar-refractivity contribution in [2.45, 2.75) is 90.9 Å². The number of hydrogen-bond acceptors (Lipinski definition) is 11. The van der Waals surface area contributed by atoms with Crippen molar-refractivity contribution in [3.05, 3.63) is 66.1 Å². The molecule has 16 heteroatoms. The average molecular weight is 744 g/mol. The molecule has 1 aliphatic rings. The first-order valence-electron chi connectivity index (χ1n) is 17.4. The van der Waals surface area contributed by atoms with Gasteiger partial charge in [0, 0.05) is 35.8 Å². The van der Waals surface area contributed by atoms with E-state index in [1.54, 1.807) is 6.07 Å². The SMILES string of the molecule is CC(C)(C)OP(=O)(OCC[C@@H]1CCCN1CCCOc1ccc2c(Nc3cc(CC(=O)Nc4cccc(F)c4F)[nH]n3)ncnc2c1)OC(C)(C)C. The van der Waals surface area contributed by atoms with Crippen molar-refractivity contribution in [1.29, 1.82) is 0 Å². The summed E-state index contributed by atoms with van der Waals surface area (Å²) in [5, 5.41) is 13.2. The van der Waals surface area contributed by atoms with E-state index in [0.717, 1.165) is 50.2 Å². The molecule has 1 saturated heterocycles. The molecule has 0 saturated carbocycles. The molecule has 0 bridgehead atoms. The summed E-state index contributed by atoms with van der Waals surface area (Å²) < 4.78 is 64.1. The van der Waals surface area contributed by atoms with Gasteiger partial charge in [0.25, 0.3) is 0 Å². The van der Waals surface area contributed by atoms with Crippen LogP contribution in [0.15, 0.2) is 48.8 Å². The molecule has 0 spiro atoms. The standard InChI is InChI=1S/C36H48F2N7O6P/c1-35(2,3)50-52(47,51-36(4,5)6)49-19-15-25-10-8-16-45(25)17-9-18-48-26-13-14-27-30(22-26)39-23-40-34(27)42-31-20-24(43-44-31)21-32(46)41-29-12-7-11-28(37)33(29)38/h7,11-14,20,22-23,25H,8-10,15-19,21H2,1-6H3,(H,41,46)(H2,39,40,42,43,44)/t25-/m0/s1. The maximum Gasteiger partial charge on any atom is 0.475 e. The van der Waals surface area contributed by atoms with Gasteiger partial charge in [0.2, 0.25) is 5.91 Å². The highest BCUT2D eigenvalue weighted by atomic mass is 31.2. The predicted molar refractivity (Wildman–Crippen MR) is 195 cm³/mol. The minimum atomic E-state index is -3.74. The Morgan fingerprint density at radius 1 is 1.04 bits per heavy atom. The number of benzene rings is 2. The molecule has 0 unspecified atom stereocenters. The molecule has 13 nitrogen and oxygen atoms in total. The minimum Gasteiger partial charge on any atom is -0.493 e. The van der Waals surface area contributed by atoms with Crippen molar-refractivity contribution < 1.29 is 36.4 Å². The summed E-state index contributed by atoms with van der Waals surface area (Å²) in [5.74, 6) is -1.09. The lowest BCUT2D eigenvalue weighted by atomic mass is 10.1. The number of amides is 1. The Hall–Kier alpha value is -4.01. The molecule has 4 aromatic rings. The Labute approximate surface area is 302 Å². The third-order valence-corrected chi connectivity index (χ3v) is 9.93. The number of aromatic nitrogens is 4. The lowest BCUT2D eigenvalue weighted by molar-refractivity contribution is -0.115. The van der Waals surface area contributed by atoms with E-state index < -0.39 is 36.6 Å². The second kappa shape index (κ2) is 16.8. The first-order valence-corrected chi connectivity index (χ1v) is 18.8. The fraction of sp³-hybridized carbons (Fsp3) is 0.500. The number of hydrogen-bond donors (Lipinski definition) is 3. The Kier molecular flexibility index (Phi) is 12.6. The third kappa shape index (κ3) is 11.5. The van der Waals surface area contributed by atoms with Gasteiger partial charge in [0.1, 0.15) is 17.9 Å². The second-order valence-electron chi connectivity index (χ2n) is 14.6.